The van der Waals surface area contributed by atoms with E-state index in [1.165, 1.54) is 0 Å². The predicted molar refractivity (Wildman–Crippen MR) is 133 cm³/mol. The van der Waals surface area contributed by atoms with Crippen LogP contribution in [-0.2, 0) is 6.54 Å². The second kappa shape index (κ2) is 8.27. The molecule has 7 heterocycles. The van der Waals surface area contributed by atoms with Gasteiger partial charge >= 0.3 is 0 Å². The number of likely N-dealkylation sites (tertiary alicyclic amines) is 1. The Morgan fingerprint density at radius 2 is 1.92 bits per heavy atom. The molecular formula is C26H20F2N8O. The topological polar surface area (TPSA) is 112 Å². The van der Waals surface area contributed by atoms with Gasteiger partial charge in [-0.05, 0) is 35.9 Å². The number of furan rings is 1. The van der Waals surface area contributed by atoms with E-state index >= 15 is 0 Å². The number of hydrogen-bond acceptors (Lipinski definition) is 7. The number of alkyl halides is 2. The van der Waals surface area contributed by atoms with Gasteiger partial charge < -0.3 is 9.40 Å². The van der Waals surface area contributed by atoms with Crippen molar-refractivity contribution in [3.8, 4) is 34.0 Å². The molecule has 6 aromatic rings. The van der Waals surface area contributed by atoms with E-state index in [9.17, 15) is 8.78 Å². The van der Waals surface area contributed by atoms with E-state index in [1.807, 2.05) is 30.3 Å². The summed E-state index contributed by atoms with van der Waals surface area (Å²) in [6, 6.07) is 9.43. The van der Waals surface area contributed by atoms with Crippen LogP contribution in [0.4, 0.5) is 8.78 Å². The van der Waals surface area contributed by atoms with E-state index in [1.54, 1.807) is 36.0 Å². The number of imidazole rings is 1. The van der Waals surface area contributed by atoms with Gasteiger partial charge in [-0.25, -0.2) is 18.7 Å². The molecule has 6 aromatic heterocycles. The Balaban J connectivity index is 1.24. The van der Waals surface area contributed by atoms with Crippen molar-refractivity contribution in [1.82, 2.24) is 40.0 Å². The van der Waals surface area contributed by atoms with E-state index in [-0.39, 0.29) is 13.0 Å². The monoisotopic (exact) mass is 498 g/mol. The highest BCUT2D eigenvalue weighted by Crippen LogP contribution is 2.31. The first-order chi connectivity index (χ1) is 18.0. The molecule has 0 radical (unpaired) electrons. The van der Waals surface area contributed by atoms with Gasteiger partial charge in [-0.3, -0.25) is 20.0 Å². The van der Waals surface area contributed by atoms with Crippen molar-refractivity contribution in [2.24, 2.45) is 0 Å². The second-order valence-corrected chi connectivity index (χ2v) is 9.22. The Kier molecular flexibility index (Phi) is 4.86. The van der Waals surface area contributed by atoms with E-state index in [0.717, 1.165) is 27.7 Å². The van der Waals surface area contributed by atoms with Gasteiger partial charge in [-0.2, -0.15) is 5.10 Å². The van der Waals surface area contributed by atoms with Crippen LogP contribution in [0, 0.1) is 0 Å². The molecule has 184 valence electrons. The van der Waals surface area contributed by atoms with E-state index in [0.29, 0.717) is 47.0 Å². The summed E-state index contributed by atoms with van der Waals surface area (Å²) in [4.78, 5) is 23.5. The highest BCUT2D eigenvalue weighted by Gasteiger charge is 2.37. The minimum atomic E-state index is -2.62. The van der Waals surface area contributed by atoms with Crippen molar-refractivity contribution in [2.75, 3.05) is 13.1 Å². The maximum atomic E-state index is 13.6. The fourth-order valence-corrected chi connectivity index (χ4v) is 4.80. The largest absolute Gasteiger partial charge is 0.472 e. The van der Waals surface area contributed by atoms with Crippen molar-refractivity contribution >= 4 is 22.1 Å². The number of fused-ring (bicyclic) bond motifs is 2. The summed E-state index contributed by atoms with van der Waals surface area (Å²) in [6.07, 6.45) is 8.27. The first kappa shape index (κ1) is 21.7. The maximum Gasteiger partial charge on any atom is 0.261 e. The number of aromatic amines is 2. The third kappa shape index (κ3) is 3.93. The van der Waals surface area contributed by atoms with Crippen LogP contribution in [0.25, 0.3) is 56.1 Å². The Hall–Kier alpha value is -4.51. The molecule has 37 heavy (non-hydrogen) atoms. The molecule has 7 rings (SSSR count). The summed E-state index contributed by atoms with van der Waals surface area (Å²) in [7, 11) is 0. The molecule has 1 fully saturated rings. The molecule has 2 N–H and O–H groups in total. The van der Waals surface area contributed by atoms with Gasteiger partial charge in [0.05, 0.1) is 35.8 Å². The molecule has 0 bridgehead atoms. The summed E-state index contributed by atoms with van der Waals surface area (Å²) in [5, 5.41) is 7.50. The zero-order chi connectivity index (χ0) is 25.0. The molecule has 1 saturated heterocycles. The lowest BCUT2D eigenvalue weighted by Crippen LogP contribution is -2.24. The second-order valence-electron chi connectivity index (χ2n) is 9.22. The Labute approximate surface area is 208 Å². The molecule has 1 aliphatic rings. The van der Waals surface area contributed by atoms with Crippen LogP contribution in [0.2, 0.25) is 0 Å². The standard InChI is InChI=1S/C26H20F2N8O/c27-26(28)5-7-36(14-26)12-15-9-17(11-29-10-15)18-1-2-20-23(31-18)24(35-34-20)25-32-19-3-6-30-21(22(19)33-25)16-4-8-37-13-16/h1-4,6,8-11,13H,5,7,12,14H2,(H,32,33)(H,34,35). The van der Waals surface area contributed by atoms with Crippen molar-refractivity contribution < 1.29 is 13.2 Å². The van der Waals surface area contributed by atoms with Crippen LogP contribution in [0.3, 0.4) is 0 Å². The summed E-state index contributed by atoms with van der Waals surface area (Å²) >= 11 is 0. The van der Waals surface area contributed by atoms with Crippen molar-refractivity contribution in [1.29, 1.82) is 0 Å². The average molecular weight is 498 g/mol. The average Bonchev–Trinajstić information content (AvgIpc) is 3.69. The van der Waals surface area contributed by atoms with Crippen molar-refractivity contribution in [3.05, 3.63) is 67.0 Å². The van der Waals surface area contributed by atoms with E-state index < -0.39 is 5.92 Å². The van der Waals surface area contributed by atoms with Crippen LogP contribution in [-0.4, -0.2) is 59.0 Å². The molecule has 0 aliphatic carbocycles. The lowest BCUT2D eigenvalue weighted by atomic mass is 10.1. The van der Waals surface area contributed by atoms with Gasteiger partial charge in [-0.15, -0.1) is 0 Å². The van der Waals surface area contributed by atoms with Crippen LogP contribution in [0.1, 0.15) is 12.0 Å². The molecule has 1 aliphatic heterocycles. The predicted octanol–water partition coefficient (Wildman–Crippen LogP) is 5.06. The Bertz CT molecular complexity index is 1740. The Morgan fingerprint density at radius 1 is 1.00 bits per heavy atom. The van der Waals surface area contributed by atoms with Gasteiger partial charge in [0, 0.05) is 49.2 Å². The summed E-state index contributed by atoms with van der Waals surface area (Å²) in [5.74, 6) is -2.06. The maximum absolute atomic E-state index is 13.6. The number of aromatic nitrogens is 7. The smallest absolute Gasteiger partial charge is 0.261 e. The number of rotatable bonds is 5. The SMILES string of the molecule is FC1(F)CCN(Cc2cncc(-c3ccc4[nH]nc(-c5nc6c(-c7ccoc7)nccc6[nH]5)c4n3)c2)C1. The summed E-state index contributed by atoms with van der Waals surface area (Å²) in [6.45, 7) is 0.561. The quantitative estimate of drug-likeness (QED) is 0.342. The van der Waals surface area contributed by atoms with Crippen LogP contribution >= 0.6 is 0 Å². The van der Waals surface area contributed by atoms with Crippen LogP contribution < -0.4 is 0 Å². The first-order valence-corrected chi connectivity index (χ1v) is 11.8. The van der Waals surface area contributed by atoms with Crippen molar-refractivity contribution in [3.63, 3.8) is 0 Å². The number of H-pyrrole nitrogens is 2. The van der Waals surface area contributed by atoms with Crippen molar-refractivity contribution in [2.45, 2.75) is 18.9 Å². The normalized spacial score (nSPS) is 15.7. The lowest BCUT2D eigenvalue weighted by molar-refractivity contribution is 0.0115. The molecule has 0 amide bonds. The fourth-order valence-electron chi connectivity index (χ4n) is 4.80. The highest BCUT2D eigenvalue weighted by atomic mass is 19.3. The lowest BCUT2D eigenvalue weighted by Gasteiger charge is -2.15. The highest BCUT2D eigenvalue weighted by molar-refractivity contribution is 5.94. The minimum absolute atomic E-state index is 0.108. The number of nitrogens with zero attached hydrogens (tertiary/aromatic N) is 6. The van der Waals surface area contributed by atoms with E-state index in [2.05, 4.69) is 25.1 Å². The van der Waals surface area contributed by atoms with Crippen LogP contribution in [0.15, 0.2) is 65.9 Å². The first-order valence-electron chi connectivity index (χ1n) is 11.8. The number of hydrogen-bond donors (Lipinski definition) is 2. The van der Waals surface area contributed by atoms with Crippen LogP contribution in [0.5, 0.6) is 0 Å². The molecule has 9 nitrogen and oxygen atoms in total. The molecule has 11 heteroatoms. The number of pyridine rings is 3. The van der Waals surface area contributed by atoms with Gasteiger partial charge in [0.2, 0.25) is 0 Å². The van der Waals surface area contributed by atoms with Gasteiger partial charge in [0.25, 0.3) is 5.92 Å². The molecule has 0 aromatic carbocycles. The zero-order valence-corrected chi connectivity index (χ0v) is 19.4. The molecule has 0 saturated carbocycles. The number of halogens is 2. The van der Waals surface area contributed by atoms with Gasteiger partial charge in [-0.1, -0.05) is 0 Å². The zero-order valence-electron chi connectivity index (χ0n) is 19.4. The minimum Gasteiger partial charge on any atom is -0.472 e. The summed E-state index contributed by atoms with van der Waals surface area (Å²) < 4.78 is 32.4. The third-order valence-corrected chi connectivity index (χ3v) is 6.57. The molecule has 0 spiro atoms. The number of nitrogens with one attached hydrogen (secondary N) is 2. The van der Waals surface area contributed by atoms with Gasteiger partial charge in [0.15, 0.2) is 11.5 Å². The molecule has 0 atom stereocenters. The molecule has 0 unspecified atom stereocenters. The molecular weight excluding hydrogens is 478 g/mol. The third-order valence-electron chi connectivity index (χ3n) is 6.57. The van der Waals surface area contributed by atoms with E-state index in [4.69, 9.17) is 14.4 Å². The van der Waals surface area contributed by atoms with Gasteiger partial charge in [0.1, 0.15) is 16.7 Å². The summed E-state index contributed by atoms with van der Waals surface area (Å²) in [5.41, 5.74) is 7.42. The Morgan fingerprint density at radius 3 is 2.76 bits per heavy atom. The fraction of sp³-hybridized carbons (Fsp3) is 0.192.